The zero-order valence-corrected chi connectivity index (χ0v) is 18.1. The molecule has 7 nitrogen and oxygen atoms in total. The Morgan fingerprint density at radius 2 is 1.84 bits per heavy atom. The average Bonchev–Trinajstić information content (AvgIpc) is 3.40. The molecule has 3 aromatic carbocycles. The third-order valence-electron chi connectivity index (χ3n) is 4.82. The second-order valence-corrected chi connectivity index (χ2v) is 7.91. The SMILES string of the molecule is O=C(NC(=S)Nc1ccc2oc(Cc3ccc(Cl)cc3)nc2c1)c1ccc2c(c1)OCO2. The first-order chi connectivity index (χ1) is 15.5. The fraction of sp³-hybridized carbons (Fsp3) is 0.0870. The van der Waals surface area contributed by atoms with Gasteiger partial charge in [0.25, 0.3) is 5.91 Å². The number of anilines is 1. The third-order valence-corrected chi connectivity index (χ3v) is 5.28. The van der Waals surface area contributed by atoms with Crippen molar-refractivity contribution in [1.29, 1.82) is 0 Å². The van der Waals surface area contributed by atoms with Crippen LogP contribution in [0.3, 0.4) is 0 Å². The molecular weight excluding hydrogens is 450 g/mol. The van der Waals surface area contributed by atoms with Crippen LogP contribution in [0.5, 0.6) is 11.5 Å². The number of benzene rings is 3. The van der Waals surface area contributed by atoms with Crippen molar-refractivity contribution in [1.82, 2.24) is 10.3 Å². The van der Waals surface area contributed by atoms with E-state index >= 15 is 0 Å². The summed E-state index contributed by atoms with van der Waals surface area (Å²) in [5.74, 6) is 1.38. The maximum absolute atomic E-state index is 12.5. The smallest absolute Gasteiger partial charge is 0.257 e. The number of aromatic nitrogens is 1. The number of nitrogens with one attached hydrogen (secondary N) is 2. The fourth-order valence-corrected chi connectivity index (χ4v) is 3.62. The first-order valence-corrected chi connectivity index (χ1v) is 10.5. The summed E-state index contributed by atoms with van der Waals surface area (Å²) in [6.07, 6.45) is 0.554. The summed E-state index contributed by atoms with van der Waals surface area (Å²) < 4.78 is 16.4. The van der Waals surface area contributed by atoms with Crippen LogP contribution in [0.2, 0.25) is 5.02 Å². The van der Waals surface area contributed by atoms with E-state index < -0.39 is 0 Å². The van der Waals surface area contributed by atoms with E-state index in [-0.39, 0.29) is 17.8 Å². The Labute approximate surface area is 193 Å². The van der Waals surface area contributed by atoms with E-state index in [2.05, 4.69) is 15.6 Å². The number of carbonyl (C=O) groups is 1. The molecule has 0 saturated carbocycles. The van der Waals surface area contributed by atoms with Crippen LogP contribution in [0.25, 0.3) is 11.1 Å². The molecule has 4 aromatic rings. The zero-order valence-electron chi connectivity index (χ0n) is 16.6. The lowest BCUT2D eigenvalue weighted by atomic mass is 10.1. The molecule has 9 heteroatoms. The predicted octanol–water partition coefficient (Wildman–Crippen LogP) is 4.93. The van der Waals surface area contributed by atoms with Crippen molar-refractivity contribution in [2.24, 2.45) is 0 Å². The van der Waals surface area contributed by atoms with E-state index in [0.717, 1.165) is 5.56 Å². The Morgan fingerprint density at radius 1 is 1.03 bits per heavy atom. The van der Waals surface area contributed by atoms with Crippen LogP contribution in [0.15, 0.2) is 65.1 Å². The van der Waals surface area contributed by atoms with Crippen LogP contribution >= 0.6 is 23.8 Å². The molecule has 1 aliphatic rings. The number of oxazole rings is 1. The van der Waals surface area contributed by atoms with Crippen molar-refractivity contribution < 1.29 is 18.7 Å². The van der Waals surface area contributed by atoms with E-state index in [1.807, 2.05) is 30.3 Å². The van der Waals surface area contributed by atoms with Crippen LogP contribution < -0.4 is 20.1 Å². The van der Waals surface area contributed by atoms with Crippen LogP contribution in [0, 0.1) is 0 Å². The topological polar surface area (TPSA) is 85.6 Å². The Balaban J connectivity index is 1.25. The van der Waals surface area contributed by atoms with E-state index in [4.69, 9.17) is 37.7 Å². The van der Waals surface area contributed by atoms with Gasteiger partial charge in [0.15, 0.2) is 28.1 Å². The van der Waals surface area contributed by atoms with Crippen molar-refractivity contribution in [3.8, 4) is 11.5 Å². The van der Waals surface area contributed by atoms with Crippen molar-refractivity contribution in [2.45, 2.75) is 6.42 Å². The van der Waals surface area contributed by atoms with Crippen molar-refractivity contribution in [2.75, 3.05) is 12.1 Å². The van der Waals surface area contributed by atoms with Gasteiger partial charge in [0.05, 0.1) is 0 Å². The molecule has 32 heavy (non-hydrogen) atoms. The molecule has 0 saturated heterocycles. The predicted molar refractivity (Wildman–Crippen MR) is 125 cm³/mol. The van der Waals surface area contributed by atoms with Gasteiger partial charge in [-0.05, 0) is 66.3 Å². The first kappa shape index (κ1) is 20.3. The van der Waals surface area contributed by atoms with E-state index in [9.17, 15) is 4.79 Å². The summed E-state index contributed by atoms with van der Waals surface area (Å²) in [4.78, 5) is 17.0. The number of ether oxygens (including phenoxy) is 2. The highest BCUT2D eigenvalue weighted by atomic mass is 35.5. The van der Waals surface area contributed by atoms with Gasteiger partial charge in [-0.1, -0.05) is 23.7 Å². The number of hydrogen-bond donors (Lipinski definition) is 2. The van der Waals surface area contributed by atoms with Crippen LogP contribution in [-0.4, -0.2) is 22.8 Å². The minimum absolute atomic E-state index is 0.145. The summed E-state index contributed by atoms with van der Waals surface area (Å²) in [6.45, 7) is 0.145. The third kappa shape index (κ3) is 4.37. The molecule has 0 unspecified atom stereocenters. The van der Waals surface area contributed by atoms with Crippen molar-refractivity contribution >= 4 is 51.6 Å². The van der Waals surface area contributed by atoms with Gasteiger partial charge >= 0.3 is 0 Å². The zero-order chi connectivity index (χ0) is 22.1. The molecule has 0 bridgehead atoms. The number of nitrogens with zero attached hydrogens (tertiary/aromatic N) is 1. The lowest BCUT2D eigenvalue weighted by Gasteiger charge is -2.09. The summed E-state index contributed by atoms with van der Waals surface area (Å²) in [7, 11) is 0. The van der Waals surface area contributed by atoms with Gasteiger partial charge < -0.3 is 19.2 Å². The minimum Gasteiger partial charge on any atom is -0.454 e. The van der Waals surface area contributed by atoms with Gasteiger partial charge in [-0.2, -0.15) is 0 Å². The van der Waals surface area contributed by atoms with Crippen LogP contribution in [-0.2, 0) is 6.42 Å². The monoisotopic (exact) mass is 465 g/mol. The summed E-state index contributed by atoms with van der Waals surface area (Å²) in [5.41, 5.74) is 3.49. The van der Waals surface area contributed by atoms with Gasteiger partial charge in [-0.15, -0.1) is 0 Å². The molecule has 0 spiro atoms. The van der Waals surface area contributed by atoms with E-state index in [0.29, 0.717) is 51.2 Å². The molecule has 2 N–H and O–H groups in total. The highest BCUT2D eigenvalue weighted by Crippen LogP contribution is 2.32. The average molecular weight is 466 g/mol. The Kier molecular flexibility index (Phi) is 5.38. The highest BCUT2D eigenvalue weighted by Gasteiger charge is 2.17. The van der Waals surface area contributed by atoms with Gasteiger partial charge in [-0.3, -0.25) is 10.1 Å². The Morgan fingerprint density at radius 3 is 2.69 bits per heavy atom. The van der Waals surface area contributed by atoms with Crippen molar-refractivity contribution in [3.05, 3.63) is 82.7 Å². The Bertz CT molecular complexity index is 1340. The largest absolute Gasteiger partial charge is 0.454 e. The number of carbonyl (C=O) groups excluding carboxylic acids is 1. The molecule has 0 fully saturated rings. The lowest BCUT2D eigenvalue weighted by Crippen LogP contribution is -2.34. The van der Waals surface area contributed by atoms with Gasteiger partial charge in [-0.25, -0.2) is 4.98 Å². The summed E-state index contributed by atoms with van der Waals surface area (Å²) in [5, 5.41) is 6.50. The quantitative estimate of drug-likeness (QED) is 0.413. The van der Waals surface area contributed by atoms with Crippen LogP contribution in [0.4, 0.5) is 5.69 Å². The number of halogens is 1. The number of thiocarbonyl (C=S) groups is 1. The molecule has 5 rings (SSSR count). The number of amides is 1. The van der Waals surface area contributed by atoms with E-state index in [1.54, 1.807) is 30.3 Å². The van der Waals surface area contributed by atoms with Crippen molar-refractivity contribution in [3.63, 3.8) is 0 Å². The second-order valence-electron chi connectivity index (χ2n) is 7.07. The normalized spacial score (nSPS) is 12.0. The fourth-order valence-electron chi connectivity index (χ4n) is 3.28. The molecule has 0 aliphatic carbocycles. The lowest BCUT2D eigenvalue weighted by molar-refractivity contribution is 0.0977. The maximum atomic E-state index is 12.5. The molecule has 160 valence electrons. The van der Waals surface area contributed by atoms with Crippen LogP contribution in [0.1, 0.15) is 21.8 Å². The van der Waals surface area contributed by atoms with Gasteiger partial charge in [0, 0.05) is 22.7 Å². The maximum Gasteiger partial charge on any atom is 0.257 e. The molecular formula is C23H16ClN3O4S. The molecule has 1 aliphatic heterocycles. The summed E-state index contributed by atoms with van der Waals surface area (Å²) in [6, 6.07) is 17.9. The molecule has 1 aromatic heterocycles. The second kappa shape index (κ2) is 8.49. The molecule has 1 amide bonds. The molecule has 0 radical (unpaired) electrons. The highest BCUT2D eigenvalue weighted by molar-refractivity contribution is 7.80. The number of fused-ring (bicyclic) bond motifs is 2. The van der Waals surface area contributed by atoms with Gasteiger partial charge in [0.1, 0.15) is 5.52 Å². The molecule has 2 heterocycles. The summed E-state index contributed by atoms with van der Waals surface area (Å²) >= 11 is 11.2. The number of hydrogen-bond acceptors (Lipinski definition) is 6. The van der Waals surface area contributed by atoms with Gasteiger partial charge in [0.2, 0.25) is 6.79 Å². The minimum atomic E-state index is -0.353. The molecule has 0 atom stereocenters. The standard InChI is InChI=1S/C23H16ClN3O4S/c24-15-4-1-13(2-5-15)9-21-26-17-11-16(6-8-18(17)31-21)25-23(32)27-22(28)14-3-7-19-20(10-14)30-12-29-19/h1-8,10-11H,9,12H2,(H2,25,27,28,32). The number of rotatable bonds is 4. The first-order valence-electron chi connectivity index (χ1n) is 9.69. The Hall–Kier alpha value is -3.62. The van der Waals surface area contributed by atoms with E-state index in [1.165, 1.54) is 0 Å².